The van der Waals surface area contributed by atoms with Crippen LogP contribution in [-0.2, 0) is 4.79 Å². The molecule has 0 radical (unpaired) electrons. The molecule has 0 saturated carbocycles. The maximum Gasteiger partial charge on any atom is 0.265 e. The highest BCUT2D eigenvalue weighted by atomic mass is 35.5. The first-order chi connectivity index (χ1) is 13.2. The van der Waals surface area contributed by atoms with Crippen LogP contribution in [0.25, 0.3) is 10.8 Å². The van der Waals surface area contributed by atoms with Gasteiger partial charge in [-0.25, -0.2) is 4.98 Å². The van der Waals surface area contributed by atoms with Crippen molar-refractivity contribution in [2.75, 3.05) is 26.2 Å². The van der Waals surface area contributed by atoms with E-state index in [0.717, 1.165) is 38.8 Å². The molecule has 2 saturated heterocycles. The lowest BCUT2D eigenvalue weighted by Gasteiger charge is -2.32. The van der Waals surface area contributed by atoms with Crippen molar-refractivity contribution >= 4 is 48.0 Å². The maximum absolute atomic E-state index is 12.8. The van der Waals surface area contributed by atoms with Crippen molar-refractivity contribution in [3.63, 3.8) is 0 Å². The van der Waals surface area contributed by atoms with Gasteiger partial charge in [0, 0.05) is 19.6 Å². The fraction of sp³-hybridized carbons (Fsp3) is 0.526. The van der Waals surface area contributed by atoms with E-state index < -0.39 is 0 Å². The highest BCUT2D eigenvalue weighted by Gasteiger charge is 2.28. The first kappa shape index (κ1) is 23.7. The van der Waals surface area contributed by atoms with E-state index in [1.165, 1.54) is 11.3 Å². The summed E-state index contributed by atoms with van der Waals surface area (Å²) in [4.78, 5) is 31.8. The van der Waals surface area contributed by atoms with Gasteiger partial charge in [-0.3, -0.25) is 9.59 Å². The minimum Gasteiger partial charge on any atom is -0.462 e. The molecule has 7 nitrogen and oxygen atoms in total. The first-order valence-electron chi connectivity index (χ1n) is 9.51. The summed E-state index contributed by atoms with van der Waals surface area (Å²) in [5.74, 6) is 1.07. The molecule has 2 aromatic heterocycles. The van der Waals surface area contributed by atoms with Crippen LogP contribution in [0.3, 0.4) is 0 Å². The molecule has 2 aliphatic heterocycles. The third-order valence-corrected chi connectivity index (χ3v) is 6.20. The smallest absolute Gasteiger partial charge is 0.265 e. The zero-order chi connectivity index (χ0) is 18.6. The second kappa shape index (κ2) is 11.0. The van der Waals surface area contributed by atoms with Gasteiger partial charge in [0.15, 0.2) is 10.8 Å². The Morgan fingerprint density at radius 2 is 2.17 bits per heavy atom. The second-order valence-corrected chi connectivity index (χ2v) is 8.19. The number of nitrogens with one attached hydrogen (secondary N) is 2. The van der Waals surface area contributed by atoms with Gasteiger partial charge in [-0.2, -0.15) is 0 Å². The normalized spacial score (nSPS) is 21.2. The molecule has 4 heterocycles. The monoisotopic (exact) mass is 460 g/mol. The number of halogens is 2. The number of furan rings is 1. The number of hydrogen-bond acceptors (Lipinski definition) is 6. The summed E-state index contributed by atoms with van der Waals surface area (Å²) in [6, 6.07) is 3.60. The molecule has 0 bridgehead atoms. The Labute approximate surface area is 186 Å². The lowest BCUT2D eigenvalue weighted by molar-refractivity contribution is -0.123. The number of aromatic nitrogens is 1. The Bertz CT molecular complexity index is 793. The highest BCUT2D eigenvalue weighted by molar-refractivity contribution is 7.16. The number of thiazole rings is 1. The second-order valence-electron chi connectivity index (χ2n) is 7.16. The number of carbonyl (C=O) groups is 2. The highest BCUT2D eigenvalue weighted by Crippen LogP contribution is 2.27. The van der Waals surface area contributed by atoms with Gasteiger partial charge in [0.2, 0.25) is 5.91 Å². The molecule has 2 aliphatic rings. The van der Waals surface area contributed by atoms with E-state index in [0.29, 0.717) is 34.7 Å². The van der Waals surface area contributed by atoms with E-state index in [1.54, 1.807) is 12.5 Å². The van der Waals surface area contributed by atoms with E-state index in [2.05, 4.69) is 15.6 Å². The Hall–Kier alpha value is -1.61. The van der Waals surface area contributed by atoms with Crippen molar-refractivity contribution in [2.45, 2.75) is 31.7 Å². The number of nitrogens with zero attached hydrogens (tertiary/aromatic N) is 2. The first-order valence-corrected chi connectivity index (χ1v) is 10.3. The van der Waals surface area contributed by atoms with Crippen molar-refractivity contribution in [1.82, 2.24) is 20.5 Å². The Morgan fingerprint density at radius 3 is 2.90 bits per heavy atom. The van der Waals surface area contributed by atoms with Crippen molar-refractivity contribution in [3.8, 4) is 10.8 Å². The van der Waals surface area contributed by atoms with Crippen LogP contribution in [0.1, 0.15) is 35.4 Å². The van der Waals surface area contributed by atoms with Gasteiger partial charge < -0.3 is 20.0 Å². The van der Waals surface area contributed by atoms with Crippen molar-refractivity contribution in [1.29, 1.82) is 0 Å². The van der Waals surface area contributed by atoms with Crippen LogP contribution in [0.4, 0.5) is 0 Å². The van der Waals surface area contributed by atoms with Gasteiger partial charge in [0.1, 0.15) is 4.88 Å². The van der Waals surface area contributed by atoms with Gasteiger partial charge in [-0.05, 0) is 50.3 Å². The van der Waals surface area contributed by atoms with Gasteiger partial charge >= 0.3 is 0 Å². The number of likely N-dealkylation sites (tertiary alicyclic amines) is 1. The number of hydrogen-bond donors (Lipinski definition) is 2. The summed E-state index contributed by atoms with van der Waals surface area (Å²) in [6.45, 7) is 2.96. The molecule has 2 unspecified atom stereocenters. The number of carbonyl (C=O) groups excluding carboxylic acids is 2. The predicted molar refractivity (Wildman–Crippen MR) is 117 cm³/mol. The molecule has 2 fully saturated rings. The average molecular weight is 461 g/mol. The van der Waals surface area contributed by atoms with Gasteiger partial charge in [-0.1, -0.05) is 0 Å². The molecule has 0 spiro atoms. The number of amides is 2. The van der Waals surface area contributed by atoms with Crippen LogP contribution in [-0.4, -0.2) is 53.9 Å². The van der Waals surface area contributed by atoms with Crippen LogP contribution in [0.15, 0.2) is 29.0 Å². The topological polar surface area (TPSA) is 87.5 Å². The SMILES string of the molecule is Cl.Cl.O=C(NCC1CCCN(C(=O)c2cnc(-c3ccco3)s2)C1)C1CCCN1. The van der Waals surface area contributed by atoms with Crippen molar-refractivity contribution in [3.05, 3.63) is 29.5 Å². The average Bonchev–Trinajstić information content (AvgIpc) is 3.46. The predicted octanol–water partition coefficient (Wildman–Crippen LogP) is 2.97. The molecule has 2 N–H and O–H groups in total. The third-order valence-electron chi connectivity index (χ3n) is 5.20. The standard InChI is InChI=1S/C19H24N4O3S.2ClH/c24-17(14-5-1-7-20-14)21-10-13-4-2-8-23(12-13)19(25)16-11-22-18(27-16)15-6-3-9-26-15;;/h3,6,9,11,13-14,20H,1-2,4-5,7-8,10,12H2,(H,21,24);2*1H. The van der Waals surface area contributed by atoms with Crippen LogP contribution >= 0.6 is 36.2 Å². The Morgan fingerprint density at radius 1 is 1.31 bits per heavy atom. The molecule has 160 valence electrons. The molecule has 10 heteroatoms. The zero-order valence-electron chi connectivity index (χ0n) is 16.0. The van der Waals surface area contributed by atoms with Gasteiger partial charge in [-0.15, -0.1) is 36.2 Å². The van der Waals surface area contributed by atoms with E-state index in [-0.39, 0.29) is 42.7 Å². The van der Waals surface area contributed by atoms with Crippen LogP contribution in [0.5, 0.6) is 0 Å². The molecular formula is C19H26Cl2N4O3S. The summed E-state index contributed by atoms with van der Waals surface area (Å²) in [5.41, 5.74) is 0. The van der Waals surface area contributed by atoms with Crippen molar-refractivity contribution in [2.24, 2.45) is 5.92 Å². The molecule has 29 heavy (non-hydrogen) atoms. The quantitative estimate of drug-likeness (QED) is 0.715. The lowest BCUT2D eigenvalue weighted by atomic mass is 9.97. The minimum atomic E-state index is -0.0523. The fourth-order valence-electron chi connectivity index (χ4n) is 3.74. The Balaban J connectivity index is 0.00000150. The lowest BCUT2D eigenvalue weighted by Crippen LogP contribution is -2.46. The van der Waals surface area contributed by atoms with E-state index >= 15 is 0 Å². The summed E-state index contributed by atoms with van der Waals surface area (Å²) in [6.07, 6.45) is 7.17. The largest absolute Gasteiger partial charge is 0.462 e. The fourth-order valence-corrected chi connectivity index (χ4v) is 4.59. The molecule has 2 atom stereocenters. The molecule has 0 aliphatic carbocycles. The molecule has 4 rings (SSSR count). The van der Waals surface area contributed by atoms with E-state index in [1.807, 2.05) is 17.0 Å². The van der Waals surface area contributed by atoms with Crippen LogP contribution in [0.2, 0.25) is 0 Å². The maximum atomic E-state index is 12.8. The summed E-state index contributed by atoms with van der Waals surface area (Å²) in [7, 11) is 0. The summed E-state index contributed by atoms with van der Waals surface area (Å²) in [5, 5.41) is 6.99. The molecule has 0 aromatic carbocycles. The molecule has 2 amide bonds. The zero-order valence-corrected chi connectivity index (χ0v) is 18.4. The minimum absolute atomic E-state index is 0. The summed E-state index contributed by atoms with van der Waals surface area (Å²) < 4.78 is 5.35. The van der Waals surface area contributed by atoms with Crippen LogP contribution < -0.4 is 10.6 Å². The van der Waals surface area contributed by atoms with Crippen molar-refractivity contribution < 1.29 is 14.0 Å². The Kier molecular flexibility index (Phi) is 8.95. The number of rotatable bonds is 5. The summed E-state index contributed by atoms with van der Waals surface area (Å²) >= 11 is 1.35. The molecular weight excluding hydrogens is 435 g/mol. The number of piperidine rings is 1. The molecule has 2 aromatic rings. The van der Waals surface area contributed by atoms with Gasteiger partial charge in [0.05, 0.1) is 18.5 Å². The van der Waals surface area contributed by atoms with E-state index in [4.69, 9.17) is 4.42 Å². The van der Waals surface area contributed by atoms with E-state index in [9.17, 15) is 9.59 Å². The van der Waals surface area contributed by atoms with Crippen LogP contribution in [0, 0.1) is 5.92 Å². The third kappa shape index (κ3) is 5.72. The van der Waals surface area contributed by atoms with Gasteiger partial charge in [0.25, 0.3) is 5.91 Å².